The third-order valence-electron chi connectivity index (χ3n) is 2.94. The molecule has 0 aliphatic carbocycles. The minimum atomic E-state index is -0.928. The Morgan fingerprint density at radius 2 is 2.00 bits per heavy atom. The van der Waals surface area contributed by atoms with Crippen molar-refractivity contribution in [2.75, 3.05) is 14.2 Å². The number of nitrogens with one attached hydrogen (secondary N) is 1. The van der Waals surface area contributed by atoms with Crippen LogP contribution in [0.5, 0.6) is 0 Å². The maximum atomic E-state index is 12.4. The van der Waals surface area contributed by atoms with Crippen molar-refractivity contribution >= 4 is 23.8 Å². The molecule has 3 N–H and O–H groups in total. The van der Waals surface area contributed by atoms with Gasteiger partial charge in [-0.1, -0.05) is 11.8 Å². The van der Waals surface area contributed by atoms with Crippen LogP contribution in [0.2, 0.25) is 0 Å². The highest BCUT2D eigenvalue weighted by Crippen LogP contribution is 2.24. The average Bonchev–Trinajstić information content (AvgIpc) is 2.51. The summed E-state index contributed by atoms with van der Waals surface area (Å²) in [6.07, 6.45) is 0.913. The Morgan fingerprint density at radius 3 is 2.44 bits per heavy atom. The van der Waals surface area contributed by atoms with Crippen molar-refractivity contribution in [1.29, 1.82) is 0 Å². The second kappa shape index (κ2) is 9.02. The molecule has 1 rings (SSSR count). The predicted octanol–water partition coefficient (Wildman–Crippen LogP) is 2.06. The van der Waals surface area contributed by atoms with E-state index in [1.54, 1.807) is 39.1 Å². The van der Waals surface area contributed by atoms with Gasteiger partial charge in [0.15, 0.2) is 5.37 Å². The number of thioether (sulfide) groups is 1. The molecular formula is C16H26N4O4S. The van der Waals surface area contributed by atoms with Crippen molar-refractivity contribution in [1.82, 2.24) is 15.4 Å². The number of alkyl carbamates (subject to hydrolysis) is 1. The molecule has 25 heavy (non-hydrogen) atoms. The second-order valence-corrected chi connectivity index (χ2v) is 7.55. The number of nitrogens with zero attached hydrogens (tertiary/aromatic N) is 2. The molecule has 0 aromatic carbocycles. The highest BCUT2D eigenvalue weighted by Gasteiger charge is 2.28. The zero-order valence-corrected chi connectivity index (χ0v) is 16.2. The van der Waals surface area contributed by atoms with Crippen LogP contribution in [0.1, 0.15) is 39.4 Å². The van der Waals surface area contributed by atoms with E-state index < -0.39 is 23.0 Å². The molecule has 0 fully saturated rings. The summed E-state index contributed by atoms with van der Waals surface area (Å²) >= 11 is 1.13. The molecule has 1 aromatic heterocycles. The smallest absolute Gasteiger partial charge is 0.408 e. The Hall–Kier alpha value is -1.84. The maximum Gasteiger partial charge on any atom is 0.408 e. The first-order valence-electron chi connectivity index (χ1n) is 7.73. The van der Waals surface area contributed by atoms with Crippen LogP contribution in [0, 0.1) is 0 Å². The lowest BCUT2D eigenvalue weighted by molar-refractivity contribution is -0.168. The fraction of sp³-hybridized carbons (Fsp3) is 0.562. The van der Waals surface area contributed by atoms with Crippen LogP contribution in [0.25, 0.3) is 0 Å². The maximum absolute atomic E-state index is 12.4. The van der Waals surface area contributed by atoms with E-state index in [-0.39, 0.29) is 6.04 Å². The molecule has 1 aromatic rings. The Labute approximate surface area is 152 Å². The van der Waals surface area contributed by atoms with Gasteiger partial charge in [0.05, 0.1) is 12.8 Å². The molecule has 1 heterocycles. The molecule has 0 spiro atoms. The van der Waals surface area contributed by atoms with E-state index in [1.807, 2.05) is 6.92 Å². The monoisotopic (exact) mass is 370 g/mol. The van der Waals surface area contributed by atoms with Gasteiger partial charge >= 0.3 is 6.09 Å². The number of aromatic nitrogens is 1. The van der Waals surface area contributed by atoms with Gasteiger partial charge in [0, 0.05) is 24.2 Å². The van der Waals surface area contributed by atoms with E-state index in [0.717, 1.165) is 22.5 Å². The summed E-state index contributed by atoms with van der Waals surface area (Å²) in [5, 5.41) is 2.67. The van der Waals surface area contributed by atoms with Crippen molar-refractivity contribution in [3.8, 4) is 0 Å². The third-order valence-corrected chi connectivity index (χ3v) is 4.00. The summed E-state index contributed by atoms with van der Waals surface area (Å²) < 4.78 is 5.21. The van der Waals surface area contributed by atoms with E-state index >= 15 is 0 Å². The number of ether oxygens (including phenoxy) is 1. The van der Waals surface area contributed by atoms with E-state index in [2.05, 4.69) is 10.3 Å². The molecular weight excluding hydrogens is 344 g/mol. The van der Waals surface area contributed by atoms with Crippen molar-refractivity contribution in [2.24, 2.45) is 5.73 Å². The number of nitrogens with two attached hydrogens (primary N) is 1. The topological polar surface area (TPSA) is 107 Å². The Bertz CT molecular complexity index is 587. The number of likely N-dealkylation sites (N-methyl/N-ethyl adjacent to an activating group) is 1. The summed E-state index contributed by atoms with van der Waals surface area (Å²) in [6, 6.07) is 3.39. The molecule has 0 radical (unpaired) electrons. The summed E-state index contributed by atoms with van der Waals surface area (Å²) in [7, 11) is 2.83. The Morgan fingerprint density at radius 1 is 1.36 bits per heavy atom. The van der Waals surface area contributed by atoms with Crippen LogP contribution >= 0.6 is 11.8 Å². The number of hydroxylamine groups is 2. The number of amides is 2. The minimum absolute atomic E-state index is 0.184. The molecule has 140 valence electrons. The minimum Gasteiger partial charge on any atom is -0.444 e. The molecule has 0 bridgehead atoms. The fourth-order valence-electron chi connectivity index (χ4n) is 1.68. The predicted molar refractivity (Wildman–Crippen MR) is 95.6 cm³/mol. The van der Waals surface area contributed by atoms with Gasteiger partial charge in [0.25, 0.3) is 5.91 Å². The Balaban J connectivity index is 2.90. The second-order valence-electron chi connectivity index (χ2n) is 6.37. The van der Waals surface area contributed by atoms with Crippen LogP contribution < -0.4 is 11.1 Å². The van der Waals surface area contributed by atoms with Crippen LogP contribution in [-0.2, 0) is 14.4 Å². The third kappa shape index (κ3) is 7.29. The fourth-order valence-corrected chi connectivity index (χ4v) is 2.61. The Kier molecular flexibility index (Phi) is 7.65. The lowest BCUT2D eigenvalue weighted by atomic mass is 10.2. The molecule has 2 amide bonds. The van der Waals surface area contributed by atoms with E-state index in [9.17, 15) is 9.59 Å². The van der Waals surface area contributed by atoms with Gasteiger partial charge in [-0.25, -0.2) is 9.86 Å². The van der Waals surface area contributed by atoms with Crippen molar-refractivity contribution in [2.45, 2.75) is 49.6 Å². The lowest BCUT2D eigenvalue weighted by Crippen LogP contribution is -2.46. The number of hydrogen-bond acceptors (Lipinski definition) is 7. The molecule has 2 atom stereocenters. The molecule has 8 nitrogen and oxygen atoms in total. The van der Waals surface area contributed by atoms with Gasteiger partial charge in [-0.15, -0.1) is 0 Å². The number of carbonyl (C=O) groups is 2. The van der Waals surface area contributed by atoms with Gasteiger partial charge in [0.1, 0.15) is 5.60 Å². The molecule has 1 unspecified atom stereocenters. The quantitative estimate of drug-likeness (QED) is 0.448. The first kappa shape index (κ1) is 21.2. The van der Waals surface area contributed by atoms with Gasteiger partial charge in [-0.05, 0) is 39.8 Å². The SMILES string of the molecule is CON(C)C(=O)[C@@H](NC(=O)OC(C)(C)C)Sc1ccc(C(C)N)nc1. The zero-order chi connectivity index (χ0) is 19.2. The average molecular weight is 370 g/mol. The van der Waals surface area contributed by atoms with Crippen molar-refractivity contribution in [3.05, 3.63) is 24.0 Å². The molecule has 0 aliphatic heterocycles. The van der Waals surface area contributed by atoms with Crippen molar-refractivity contribution in [3.63, 3.8) is 0 Å². The summed E-state index contributed by atoms with van der Waals surface area (Å²) in [5.74, 6) is -0.436. The van der Waals surface area contributed by atoms with Crippen molar-refractivity contribution < 1.29 is 19.2 Å². The summed E-state index contributed by atoms with van der Waals surface area (Å²) in [5.41, 5.74) is 5.84. The van der Waals surface area contributed by atoms with Crippen LogP contribution in [0.4, 0.5) is 4.79 Å². The molecule has 0 saturated carbocycles. The molecule has 0 saturated heterocycles. The van der Waals surface area contributed by atoms with Crippen LogP contribution in [-0.4, -0.2) is 47.2 Å². The zero-order valence-electron chi connectivity index (χ0n) is 15.4. The van der Waals surface area contributed by atoms with E-state index in [1.165, 1.54) is 14.2 Å². The standard InChI is InChI=1S/C16H26N4O4S/c1-10(17)12-8-7-11(9-18-12)25-13(14(21)20(5)23-6)19-15(22)24-16(2,3)4/h7-10,13H,17H2,1-6H3,(H,19,22)/t10?,13-/m0/s1. The summed E-state index contributed by atoms with van der Waals surface area (Å²) in [6.45, 7) is 7.07. The van der Waals surface area contributed by atoms with E-state index in [4.69, 9.17) is 15.3 Å². The van der Waals surface area contributed by atoms with E-state index in [0.29, 0.717) is 4.90 Å². The number of pyridine rings is 1. The first-order chi connectivity index (χ1) is 11.5. The van der Waals surface area contributed by atoms with Gasteiger partial charge in [-0.3, -0.25) is 14.6 Å². The van der Waals surface area contributed by atoms with Crippen LogP contribution in [0.3, 0.4) is 0 Å². The summed E-state index contributed by atoms with van der Waals surface area (Å²) in [4.78, 5) is 34.3. The number of carbonyl (C=O) groups excluding carboxylic acids is 2. The van der Waals surface area contributed by atoms with Crippen LogP contribution in [0.15, 0.2) is 23.2 Å². The highest BCUT2D eigenvalue weighted by atomic mass is 32.2. The first-order valence-corrected chi connectivity index (χ1v) is 8.61. The normalized spacial score (nSPS) is 13.7. The number of rotatable bonds is 6. The van der Waals surface area contributed by atoms with Gasteiger partial charge in [-0.2, -0.15) is 0 Å². The lowest BCUT2D eigenvalue weighted by Gasteiger charge is -2.25. The van der Waals surface area contributed by atoms with Gasteiger partial charge in [0.2, 0.25) is 0 Å². The molecule has 9 heteroatoms. The highest BCUT2D eigenvalue weighted by molar-refractivity contribution is 8.00. The largest absolute Gasteiger partial charge is 0.444 e. The number of hydrogen-bond donors (Lipinski definition) is 2. The molecule has 0 aliphatic rings. The van der Waals surface area contributed by atoms with Gasteiger partial charge < -0.3 is 15.8 Å².